The van der Waals surface area contributed by atoms with E-state index in [2.05, 4.69) is 9.97 Å². The summed E-state index contributed by atoms with van der Waals surface area (Å²) in [6.45, 7) is 0. The Morgan fingerprint density at radius 1 is 1.00 bits per heavy atom. The molecule has 1 aromatic carbocycles. The number of aromatic nitrogens is 2. The molecule has 6 heteroatoms. The molecule has 0 spiro atoms. The number of fused-ring (bicyclic) bond motifs is 3. The van der Waals surface area contributed by atoms with Crippen molar-refractivity contribution in [3.63, 3.8) is 0 Å². The molecule has 0 aliphatic heterocycles. The quantitative estimate of drug-likeness (QED) is 0.691. The summed E-state index contributed by atoms with van der Waals surface area (Å²) in [6.07, 6.45) is 1.55. The van der Waals surface area contributed by atoms with Gasteiger partial charge in [-0.05, 0) is 24.3 Å². The number of aromatic carboxylic acids is 2. The Bertz CT molecular complexity index is 874. The summed E-state index contributed by atoms with van der Waals surface area (Å²) in [4.78, 5) is 30.4. The van der Waals surface area contributed by atoms with Gasteiger partial charge in [-0.3, -0.25) is 4.98 Å². The van der Waals surface area contributed by atoms with Crippen LogP contribution in [0.4, 0.5) is 0 Å². The molecule has 0 unspecified atom stereocenters. The molecule has 3 rings (SSSR count). The van der Waals surface area contributed by atoms with Crippen LogP contribution in [0.1, 0.15) is 20.8 Å². The van der Waals surface area contributed by atoms with E-state index in [4.69, 9.17) is 5.11 Å². The van der Waals surface area contributed by atoms with Gasteiger partial charge in [0.15, 0.2) is 0 Å². The number of carboxylic acid groups (broad SMARTS) is 2. The fourth-order valence-electron chi connectivity index (χ4n) is 2.13. The zero-order valence-electron chi connectivity index (χ0n) is 10.1. The molecule has 20 heavy (non-hydrogen) atoms. The number of benzene rings is 1. The van der Waals surface area contributed by atoms with Crippen molar-refractivity contribution in [3.05, 3.63) is 47.8 Å². The van der Waals surface area contributed by atoms with E-state index >= 15 is 0 Å². The summed E-state index contributed by atoms with van der Waals surface area (Å²) >= 11 is 0. The molecule has 0 amide bonds. The van der Waals surface area contributed by atoms with Crippen molar-refractivity contribution in [2.75, 3.05) is 0 Å². The summed E-state index contributed by atoms with van der Waals surface area (Å²) in [5.74, 6) is -2.27. The van der Waals surface area contributed by atoms with Gasteiger partial charge in [0.1, 0.15) is 5.69 Å². The van der Waals surface area contributed by atoms with Crippen LogP contribution in [0.2, 0.25) is 0 Å². The molecule has 0 radical (unpaired) electrons. The molecule has 0 aliphatic carbocycles. The maximum atomic E-state index is 11.3. The highest BCUT2D eigenvalue weighted by molar-refractivity contribution is 6.13. The zero-order valence-corrected chi connectivity index (χ0v) is 10.1. The maximum Gasteiger partial charge on any atom is 0.354 e. The molecule has 0 atom stereocenters. The lowest BCUT2D eigenvalue weighted by Crippen LogP contribution is -2.03. The number of hydrogen-bond donors (Lipinski definition) is 2. The van der Waals surface area contributed by atoms with Gasteiger partial charge in [-0.1, -0.05) is 6.07 Å². The van der Waals surface area contributed by atoms with E-state index in [0.29, 0.717) is 21.8 Å². The fraction of sp³-hybridized carbons (Fsp3) is 0. The van der Waals surface area contributed by atoms with Crippen molar-refractivity contribution in [2.45, 2.75) is 0 Å². The van der Waals surface area contributed by atoms with E-state index in [1.54, 1.807) is 24.4 Å². The van der Waals surface area contributed by atoms with Crippen LogP contribution in [0.25, 0.3) is 21.8 Å². The first-order valence-electron chi connectivity index (χ1n) is 5.73. The van der Waals surface area contributed by atoms with E-state index in [9.17, 15) is 14.7 Å². The van der Waals surface area contributed by atoms with Crippen LogP contribution in [-0.4, -0.2) is 32.1 Å². The molecular formula is C14H8N2O4. The van der Waals surface area contributed by atoms with E-state index in [-0.39, 0.29) is 11.3 Å². The van der Waals surface area contributed by atoms with Gasteiger partial charge in [0.05, 0.1) is 16.6 Å². The summed E-state index contributed by atoms with van der Waals surface area (Å²) in [7, 11) is 0. The minimum Gasteiger partial charge on any atom is -0.478 e. The lowest BCUT2D eigenvalue weighted by atomic mass is 10.0. The molecule has 6 nitrogen and oxygen atoms in total. The number of rotatable bonds is 2. The third kappa shape index (κ3) is 1.74. The van der Waals surface area contributed by atoms with E-state index in [1.165, 1.54) is 12.1 Å². The highest BCUT2D eigenvalue weighted by Crippen LogP contribution is 2.26. The van der Waals surface area contributed by atoms with Gasteiger partial charge in [0.25, 0.3) is 0 Å². The molecule has 0 saturated carbocycles. The van der Waals surface area contributed by atoms with Crippen LogP contribution in [0.5, 0.6) is 0 Å². The SMILES string of the molecule is O=C(O)c1ccc2c(cc(C(=O)O)c3cccnc32)n1. The van der Waals surface area contributed by atoms with E-state index in [1.807, 2.05) is 0 Å². The Morgan fingerprint density at radius 2 is 1.80 bits per heavy atom. The molecule has 2 heterocycles. The van der Waals surface area contributed by atoms with Crippen molar-refractivity contribution in [3.8, 4) is 0 Å². The molecular weight excluding hydrogens is 260 g/mol. The van der Waals surface area contributed by atoms with Crippen molar-refractivity contribution in [2.24, 2.45) is 0 Å². The molecule has 0 bridgehead atoms. The number of nitrogens with zero attached hydrogens (tertiary/aromatic N) is 2. The van der Waals surface area contributed by atoms with E-state index < -0.39 is 11.9 Å². The van der Waals surface area contributed by atoms with Gasteiger partial charge in [-0.2, -0.15) is 0 Å². The third-order valence-electron chi connectivity index (χ3n) is 3.01. The predicted molar refractivity (Wildman–Crippen MR) is 71.0 cm³/mol. The van der Waals surface area contributed by atoms with Crippen LogP contribution in [0.15, 0.2) is 36.5 Å². The highest BCUT2D eigenvalue weighted by Gasteiger charge is 2.14. The number of carboxylic acids is 2. The molecule has 0 aliphatic rings. The fourth-order valence-corrected chi connectivity index (χ4v) is 2.13. The number of carbonyl (C=O) groups is 2. The molecule has 2 N–H and O–H groups in total. The second-order valence-corrected chi connectivity index (χ2v) is 4.20. The van der Waals surface area contributed by atoms with Crippen molar-refractivity contribution in [1.29, 1.82) is 0 Å². The van der Waals surface area contributed by atoms with Crippen molar-refractivity contribution < 1.29 is 19.8 Å². The second-order valence-electron chi connectivity index (χ2n) is 4.20. The first-order chi connectivity index (χ1) is 9.58. The largest absolute Gasteiger partial charge is 0.478 e. The van der Waals surface area contributed by atoms with E-state index in [0.717, 1.165) is 0 Å². The summed E-state index contributed by atoms with van der Waals surface area (Å²) in [5.41, 5.74) is 0.708. The standard InChI is InChI=1S/C14H8N2O4/c17-13(18)9-6-11-8(3-4-10(16-11)14(19)20)12-7(9)2-1-5-15-12/h1-6H,(H,17,18)(H,19,20). The second kappa shape index (κ2) is 4.27. The maximum absolute atomic E-state index is 11.3. The molecule has 3 aromatic rings. The number of hydrogen-bond acceptors (Lipinski definition) is 4. The summed E-state index contributed by atoms with van der Waals surface area (Å²) < 4.78 is 0. The minimum absolute atomic E-state index is 0.0515. The Hall–Kier alpha value is -3.02. The zero-order chi connectivity index (χ0) is 14.3. The van der Waals surface area contributed by atoms with Crippen molar-refractivity contribution >= 4 is 33.7 Å². The highest BCUT2D eigenvalue weighted by atomic mass is 16.4. The first kappa shape index (κ1) is 12.0. The Kier molecular flexibility index (Phi) is 2.57. The molecule has 98 valence electrons. The van der Waals surface area contributed by atoms with Crippen LogP contribution < -0.4 is 0 Å². The molecule has 0 saturated heterocycles. The van der Waals surface area contributed by atoms with Gasteiger partial charge >= 0.3 is 11.9 Å². The Morgan fingerprint density at radius 3 is 2.50 bits per heavy atom. The molecule has 0 fully saturated rings. The third-order valence-corrected chi connectivity index (χ3v) is 3.01. The van der Waals surface area contributed by atoms with Gasteiger partial charge in [-0.25, -0.2) is 14.6 Å². The predicted octanol–water partition coefficient (Wildman–Crippen LogP) is 2.18. The van der Waals surface area contributed by atoms with Gasteiger partial charge < -0.3 is 10.2 Å². The summed E-state index contributed by atoms with van der Waals surface area (Å²) in [5, 5.41) is 19.3. The monoisotopic (exact) mass is 268 g/mol. The topological polar surface area (TPSA) is 100 Å². The Labute approximate surface area is 112 Å². The van der Waals surface area contributed by atoms with Crippen LogP contribution in [0.3, 0.4) is 0 Å². The summed E-state index contributed by atoms with van der Waals surface area (Å²) in [6, 6.07) is 7.65. The van der Waals surface area contributed by atoms with Gasteiger partial charge in [0, 0.05) is 17.0 Å². The van der Waals surface area contributed by atoms with Crippen molar-refractivity contribution in [1.82, 2.24) is 9.97 Å². The lowest BCUT2D eigenvalue weighted by molar-refractivity contribution is 0.0684. The molecule has 2 aromatic heterocycles. The first-order valence-corrected chi connectivity index (χ1v) is 5.73. The van der Waals surface area contributed by atoms with Gasteiger partial charge in [-0.15, -0.1) is 0 Å². The normalized spacial score (nSPS) is 10.8. The average Bonchev–Trinajstić information content (AvgIpc) is 2.45. The lowest BCUT2D eigenvalue weighted by Gasteiger charge is -2.06. The van der Waals surface area contributed by atoms with Crippen LogP contribution in [0, 0.1) is 0 Å². The van der Waals surface area contributed by atoms with Crippen LogP contribution >= 0.6 is 0 Å². The minimum atomic E-state index is -1.16. The van der Waals surface area contributed by atoms with Crippen LogP contribution in [-0.2, 0) is 0 Å². The van der Waals surface area contributed by atoms with Gasteiger partial charge in [0.2, 0.25) is 0 Å². The smallest absolute Gasteiger partial charge is 0.354 e. The average molecular weight is 268 g/mol. The Balaban J connectivity index is 2.48. The number of pyridine rings is 2.